The maximum Gasteiger partial charge on any atom is 0.265 e. The second-order valence-electron chi connectivity index (χ2n) is 8.29. The van der Waals surface area contributed by atoms with Gasteiger partial charge in [-0.1, -0.05) is 33.1 Å². The highest BCUT2D eigenvalue weighted by Crippen LogP contribution is 2.37. The van der Waals surface area contributed by atoms with Crippen LogP contribution in [0.2, 0.25) is 0 Å². The Morgan fingerprint density at radius 2 is 1.58 bits per heavy atom. The quantitative estimate of drug-likeness (QED) is 0.373. The smallest absolute Gasteiger partial charge is 0.265 e. The number of carbonyl (C=O) groups excluding carboxylic acids is 1. The van der Waals surface area contributed by atoms with E-state index in [1.807, 2.05) is 0 Å². The fraction of sp³-hybridized carbons (Fsp3) is 0.500. The molecule has 2 aromatic rings. The molecule has 0 aliphatic rings. The minimum atomic E-state index is -4.22. The summed E-state index contributed by atoms with van der Waals surface area (Å²) in [6.07, 6.45) is 4.09. The van der Waals surface area contributed by atoms with Crippen molar-refractivity contribution in [1.29, 1.82) is 0 Å². The standard InChI is InChI=1S/C26H38N2O7S/c1-7-9-10-19(8-2)17-27-26(29)18-28(22-15-20(32-3)11-13-23(22)33-4)36(30,31)21-12-14-24(34-5)25(16-21)35-6/h11-16,19H,7-10,17-18H2,1-6H3,(H,27,29)/t19-/m0/s1. The van der Waals surface area contributed by atoms with E-state index in [4.69, 9.17) is 18.9 Å². The first kappa shape index (κ1) is 29.1. The van der Waals surface area contributed by atoms with E-state index in [-0.39, 0.29) is 22.1 Å². The number of nitrogens with one attached hydrogen (secondary N) is 1. The SMILES string of the molecule is CCCC[C@H](CC)CNC(=O)CN(c1cc(OC)ccc1OC)S(=O)(=O)c1ccc(OC)c(OC)c1. The number of benzene rings is 2. The van der Waals surface area contributed by atoms with Gasteiger partial charge in [0.15, 0.2) is 11.5 Å². The molecule has 0 bridgehead atoms. The Morgan fingerprint density at radius 3 is 2.17 bits per heavy atom. The van der Waals surface area contributed by atoms with Crippen LogP contribution in [-0.4, -0.2) is 55.9 Å². The highest BCUT2D eigenvalue weighted by Gasteiger charge is 2.31. The molecule has 2 aromatic carbocycles. The van der Waals surface area contributed by atoms with Gasteiger partial charge in [-0.3, -0.25) is 9.10 Å². The Morgan fingerprint density at radius 1 is 0.917 bits per heavy atom. The Bertz CT molecular complexity index is 1110. The van der Waals surface area contributed by atoms with Crippen LogP contribution in [0.3, 0.4) is 0 Å². The Balaban J connectivity index is 2.49. The number of anilines is 1. The van der Waals surface area contributed by atoms with Crippen molar-refractivity contribution in [2.75, 3.05) is 45.8 Å². The van der Waals surface area contributed by atoms with E-state index in [1.165, 1.54) is 52.7 Å². The number of unbranched alkanes of at least 4 members (excludes halogenated alkanes) is 1. The Labute approximate surface area is 214 Å². The Kier molecular flexibility index (Phi) is 11.2. The fourth-order valence-electron chi connectivity index (χ4n) is 3.78. The number of nitrogens with zero attached hydrogens (tertiary/aromatic N) is 1. The molecule has 0 fully saturated rings. The van der Waals surface area contributed by atoms with E-state index in [2.05, 4.69) is 19.2 Å². The molecule has 2 rings (SSSR count). The maximum absolute atomic E-state index is 13.9. The lowest BCUT2D eigenvalue weighted by molar-refractivity contribution is -0.119. The van der Waals surface area contributed by atoms with E-state index in [0.29, 0.717) is 24.0 Å². The van der Waals surface area contributed by atoms with Crippen LogP contribution in [0.4, 0.5) is 5.69 Å². The van der Waals surface area contributed by atoms with Gasteiger partial charge < -0.3 is 24.3 Å². The summed E-state index contributed by atoms with van der Waals surface area (Å²) in [7, 11) is 1.58. The molecule has 0 saturated carbocycles. The molecule has 1 N–H and O–H groups in total. The van der Waals surface area contributed by atoms with Gasteiger partial charge >= 0.3 is 0 Å². The number of sulfonamides is 1. The second-order valence-corrected chi connectivity index (χ2v) is 10.1. The van der Waals surface area contributed by atoms with E-state index < -0.39 is 22.5 Å². The summed E-state index contributed by atoms with van der Waals surface area (Å²) in [6, 6.07) is 9.06. The topological polar surface area (TPSA) is 103 Å². The predicted octanol–water partition coefficient (Wildman–Crippen LogP) is 4.25. The molecule has 200 valence electrons. The van der Waals surface area contributed by atoms with Gasteiger partial charge in [-0.2, -0.15) is 0 Å². The first-order chi connectivity index (χ1) is 17.2. The minimum absolute atomic E-state index is 0.0628. The maximum atomic E-state index is 13.9. The number of rotatable bonds is 15. The van der Waals surface area contributed by atoms with Gasteiger partial charge in [0.25, 0.3) is 10.0 Å². The van der Waals surface area contributed by atoms with Crippen LogP contribution in [0, 0.1) is 5.92 Å². The lowest BCUT2D eigenvalue weighted by atomic mass is 9.99. The number of amides is 1. The monoisotopic (exact) mass is 522 g/mol. The molecule has 9 nitrogen and oxygen atoms in total. The van der Waals surface area contributed by atoms with Gasteiger partial charge in [-0.15, -0.1) is 0 Å². The van der Waals surface area contributed by atoms with Crippen molar-refractivity contribution in [1.82, 2.24) is 5.32 Å². The van der Waals surface area contributed by atoms with Crippen molar-refractivity contribution < 1.29 is 32.2 Å². The highest BCUT2D eigenvalue weighted by atomic mass is 32.2. The van der Waals surface area contributed by atoms with Gasteiger partial charge in [0.2, 0.25) is 5.91 Å². The van der Waals surface area contributed by atoms with E-state index in [1.54, 1.807) is 12.1 Å². The zero-order valence-electron chi connectivity index (χ0n) is 22.0. The lowest BCUT2D eigenvalue weighted by Crippen LogP contribution is -2.42. The molecule has 0 saturated heterocycles. The summed E-state index contributed by atoms with van der Waals surface area (Å²) >= 11 is 0. The number of hydrogen-bond donors (Lipinski definition) is 1. The van der Waals surface area contributed by atoms with Gasteiger partial charge in [0, 0.05) is 18.7 Å². The van der Waals surface area contributed by atoms with Crippen LogP contribution in [-0.2, 0) is 14.8 Å². The summed E-state index contributed by atoms with van der Waals surface area (Å²) in [6.45, 7) is 4.25. The normalized spacial score (nSPS) is 11.9. The average molecular weight is 523 g/mol. The minimum Gasteiger partial charge on any atom is -0.497 e. The number of ether oxygens (including phenoxy) is 4. The van der Waals surface area contributed by atoms with E-state index in [9.17, 15) is 13.2 Å². The van der Waals surface area contributed by atoms with E-state index in [0.717, 1.165) is 30.0 Å². The summed E-state index contributed by atoms with van der Waals surface area (Å²) in [4.78, 5) is 13.0. The molecule has 0 aliphatic carbocycles. The molecule has 0 aliphatic heterocycles. The van der Waals surface area contributed by atoms with Crippen LogP contribution in [0.5, 0.6) is 23.0 Å². The largest absolute Gasteiger partial charge is 0.497 e. The van der Waals surface area contributed by atoms with Crippen LogP contribution < -0.4 is 28.6 Å². The third-order valence-electron chi connectivity index (χ3n) is 6.02. The highest BCUT2D eigenvalue weighted by molar-refractivity contribution is 7.92. The van der Waals surface area contributed by atoms with Gasteiger partial charge in [-0.25, -0.2) is 8.42 Å². The molecule has 0 spiro atoms. The van der Waals surface area contributed by atoms with Crippen LogP contribution in [0.1, 0.15) is 39.5 Å². The summed E-state index contributed by atoms with van der Waals surface area (Å²) in [5.41, 5.74) is 0.180. The number of methoxy groups -OCH3 is 4. The second kappa shape index (κ2) is 13.8. The zero-order chi connectivity index (χ0) is 26.7. The van der Waals surface area contributed by atoms with Crippen molar-refractivity contribution in [3.63, 3.8) is 0 Å². The molecule has 0 heterocycles. The summed E-state index contributed by atoms with van der Waals surface area (Å²) in [5.74, 6) is 1.25. The predicted molar refractivity (Wildman–Crippen MR) is 140 cm³/mol. The van der Waals surface area contributed by atoms with Gasteiger partial charge in [0.05, 0.1) is 39.0 Å². The number of hydrogen-bond acceptors (Lipinski definition) is 7. The molecule has 0 unspecified atom stereocenters. The fourth-order valence-corrected chi connectivity index (χ4v) is 5.22. The number of carbonyl (C=O) groups is 1. The van der Waals surface area contributed by atoms with E-state index >= 15 is 0 Å². The zero-order valence-corrected chi connectivity index (χ0v) is 22.8. The van der Waals surface area contributed by atoms with Crippen molar-refractivity contribution in [3.8, 4) is 23.0 Å². The molecule has 0 aromatic heterocycles. The molecule has 0 radical (unpaired) electrons. The molecule has 1 amide bonds. The summed E-state index contributed by atoms with van der Waals surface area (Å²) in [5, 5.41) is 2.91. The molecular weight excluding hydrogens is 484 g/mol. The van der Waals surface area contributed by atoms with Gasteiger partial charge in [0.1, 0.15) is 18.0 Å². The van der Waals surface area contributed by atoms with Crippen LogP contribution >= 0.6 is 0 Å². The van der Waals surface area contributed by atoms with Crippen molar-refractivity contribution in [2.45, 2.75) is 44.4 Å². The van der Waals surface area contributed by atoms with Crippen LogP contribution in [0.25, 0.3) is 0 Å². The molecule has 1 atom stereocenters. The first-order valence-corrected chi connectivity index (χ1v) is 13.4. The van der Waals surface area contributed by atoms with Crippen molar-refractivity contribution in [2.24, 2.45) is 5.92 Å². The third-order valence-corrected chi connectivity index (χ3v) is 7.77. The molecule has 10 heteroatoms. The van der Waals surface area contributed by atoms with Gasteiger partial charge in [-0.05, 0) is 36.6 Å². The third kappa shape index (κ3) is 7.19. The average Bonchev–Trinajstić information content (AvgIpc) is 2.90. The molecular formula is C26H38N2O7S. The lowest BCUT2D eigenvalue weighted by Gasteiger charge is -2.26. The van der Waals surface area contributed by atoms with Crippen molar-refractivity contribution in [3.05, 3.63) is 36.4 Å². The van der Waals surface area contributed by atoms with Crippen molar-refractivity contribution >= 4 is 21.6 Å². The molecule has 36 heavy (non-hydrogen) atoms. The van der Waals surface area contributed by atoms with Crippen LogP contribution in [0.15, 0.2) is 41.3 Å². The Hall–Kier alpha value is -3.14. The summed E-state index contributed by atoms with van der Waals surface area (Å²) < 4.78 is 50.1. The first-order valence-electron chi connectivity index (χ1n) is 12.0.